The number of hydrogen-bond donors (Lipinski definition) is 3. The Morgan fingerprint density at radius 3 is 3.11 bits per heavy atom. The summed E-state index contributed by atoms with van der Waals surface area (Å²) in [7, 11) is 0. The topological polar surface area (TPSA) is 110 Å². The normalized spacial score (nSPS) is 24.9. The van der Waals surface area contributed by atoms with Crippen molar-refractivity contribution in [2.45, 2.75) is 6.17 Å². The summed E-state index contributed by atoms with van der Waals surface area (Å²) in [4.78, 5) is 21.7. The minimum Gasteiger partial charge on any atom is -0.396 e. The summed E-state index contributed by atoms with van der Waals surface area (Å²) < 4.78 is 14.6. The van der Waals surface area contributed by atoms with Gasteiger partial charge in [-0.25, -0.2) is 9.37 Å². The Bertz CT molecular complexity index is 704. The monoisotopic (exact) mass is 251 g/mol. The largest absolute Gasteiger partial charge is 0.396 e. The molecule has 1 fully saturated rings. The Hall–Kier alpha value is -2.22. The lowest BCUT2D eigenvalue weighted by molar-refractivity contribution is 0.259. The molecule has 0 saturated heterocycles. The maximum Gasteiger partial charge on any atom is 0.280 e. The third kappa shape index (κ3) is 1.50. The van der Waals surface area contributed by atoms with Crippen molar-refractivity contribution in [1.29, 1.82) is 0 Å². The van der Waals surface area contributed by atoms with Gasteiger partial charge in [-0.15, -0.1) is 0 Å². The van der Waals surface area contributed by atoms with E-state index in [9.17, 15) is 9.18 Å². The van der Waals surface area contributed by atoms with Gasteiger partial charge in [0.25, 0.3) is 5.56 Å². The number of imidazole rings is 1. The molecule has 2 aromatic heterocycles. The Kier molecular flexibility index (Phi) is 2.20. The predicted molar refractivity (Wildman–Crippen MR) is 62.3 cm³/mol. The van der Waals surface area contributed by atoms with E-state index in [0.717, 1.165) is 0 Å². The zero-order chi connectivity index (χ0) is 12.9. The van der Waals surface area contributed by atoms with Crippen LogP contribution in [0.25, 0.3) is 17.4 Å². The summed E-state index contributed by atoms with van der Waals surface area (Å²) in [6.07, 6.45) is 1.69. The molecule has 0 unspecified atom stereocenters. The van der Waals surface area contributed by atoms with Crippen LogP contribution in [0.4, 0.5) is 10.3 Å². The molecule has 18 heavy (non-hydrogen) atoms. The second-order valence-corrected chi connectivity index (χ2v) is 4.10. The lowest BCUT2D eigenvalue weighted by atomic mass is 10.4. The van der Waals surface area contributed by atoms with Crippen LogP contribution in [0.1, 0.15) is 0 Å². The van der Waals surface area contributed by atoms with Crippen LogP contribution in [0.2, 0.25) is 0 Å². The molecule has 3 rings (SSSR count). The van der Waals surface area contributed by atoms with Crippen molar-refractivity contribution in [2.24, 2.45) is 5.92 Å². The molecule has 94 valence electrons. The lowest BCUT2D eigenvalue weighted by Crippen LogP contribution is -2.11. The molecule has 0 bridgehead atoms. The summed E-state index contributed by atoms with van der Waals surface area (Å²) in [5.74, 6) is -0.499. The molecule has 2 atom stereocenters. The molecule has 7 nitrogen and oxygen atoms in total. The summed E-state index contributed by atoms with van der Waals surface area (Å²) in [5.41, 5.74) is 5.85. The molecule has 2 aromatic rings. The molecule has 0 amide bonds. The maximum absolute atomic E-state index is 13.2. The third-order valence-corrected chi connectivity index (χ3v) is 2.93. The number of aromatic amines is 1. The van der Waals surface area contributed by atoms with E-state index in [-0.39, 0.29) is 23.7 Å². The van der Waals surface area contributed by atoms with Gasteiger partial charge in [0.05, 0.1) is 6.61 Å². The number of nitrogens with two attached hydrogens (primary N) is 1. The van der Waals surface area contributed by atoms with Crippen LogP contribution in [0.3, 0.4) is 0 Å². The lowest BCUT2D eigenvalue weighted by Gasteiger charge is -1.96. The highest BCUT2D eigenvalue weighted by atomic mass is 19.1. The first kappa shape index (κ1) is 10.9. The van der Waals surface area contributed by atoms with Gasteiger partial charge in [-0.1, -0.05) is 0 Å². The van der Waals surface area contributed by atoms with E-state index >= 15 is 0 Å². The summed E-state index contributed by atoms with van der Waals surface area (Å²) in [6, 6.07) is 0. The number of nitrogen functional groups attached to an aromatic ring is 1. The number of aliphatic hydroxyl groups is 1. The fourth-order valence-electron chi connectivity index (χ4n) is 1.86. The number of rotatable bonds is 2. The fourth-order valence-corrected chi connectivity index (χ4v) is 1.86. The molecule has 0 aromatic carbocycles. The van der Waals surface area contributed by atoms with E-state index in [1.165, 1.54) is 17.1 Å². The Labute approximate surface area is 99.8 Å². The second-order valence-electron chi connectivity index (χ2n) is 4.10. The first-order valence-electron chi connectivity index (χ1n) is 5.30. The Balaban J connectivity index is 2.12. The van der Waals surface area contributed by atoms with Crippen molar-refractivity contribution in [3.8, 4) is 0 Å². The highest BCUT2D eigenvalue weighted by molar-refractivity contribution is 5.73. The molecule has 1 saturated carbocycles. The number of anilines is 1. The highest BCUT2D eigenvalue weighted by Gasteiger charge is 2.44. The van der Waals surface area contributed by atoms with Crippen molar-refractivity contribution in [1.82, 2.24) is 19.5 Å². The van der Waals surface area contributed by atoms with Crippen molar-refractivity contribution in [3.05, 3.63) is 22.3 Å². The van der Waals surface area contributed by atoms with Crippen molar-refractivity contribution in [2.75, 3.05) is 12.3 Å². The average molecular weight is 251 g/mol. The predicted octanol–water partition coefficient (Wildman–Crippen LogP) is -0.497. The smallest absolute Gasteiger partial charge is 0.280 e. The number of nitrogens with zero attached hydrogens (tertiary/aromatic N) is 3. The van der Waals surface area contributed by atoms with Crippen LogP contribution in [0.15, 0.2) is 16.7 Å². The molecule has 1 aliphatic carbocycles. The molecule has 0 radical (unpaired) electrons. The van der Waals surface area contributed by atoms with Gasteiger partial charge in [-0.2, -0.15) is 4.98 Å². The molecule has 0 aliphatic heterocycles. The van der Waals surface area contributed by atoms with Crippen molar-refractivity contribution < 1.29 is 9.50 Å². The van der Waals surface area contributed by atoms with Gasteiger partial charge in [-0.05, 0) is 5.57 Å². The summed E-state index contributed by atoms with van der Waals surface area (Å²) >= 11 is 0. The molecule has 0 spiro atoms. The number of alkyl halides is 1. The van der Waals surface area contributed by atoms with E-state index in [2.05, 4.69) is 15.0 Å². The van der Waals surface area contributed by atoms with Gasteiger partial charge in [0.15, 0.2) is 11.2 Å². The van der Waals surface area contributed by atoms with Crippen LogP contribution in [0.5, 0.6) is 0 Å². The number of aliphatic hydroxyl groups excluding tert-OH is 1. The van der Waals surface area contributed by atoms with E-state index in [1.807, 2.05) is 0 Å². The van der Waals surface area contributed by atoms with Crippen LogP contribution in [0, 0.1) is 5.92 Å². The molecule has 1 aliphatic rings. The van der Waals surface area contributed by atoms with Gasteiger partial charge in [-0.3, -0.25) is 14.3 Å². The summed E-state index contributed by atoms with van der Waals surface area (Å²) in [5, 5.41) is 8.88. The van der Waals surface area contributed by atoms with Crippen molar-refractivity contribution in [3.63, 3.8) is 0 Å². The first-order chi connectivity index (χ1) is 8.61. The number of nitrogens with one attached hydrogen (secondary N) is 1. The number of aromatic nitrogens is 4. The van der Waals surface area contributed by atoms with Crippen LogP contribution >= 0.6 is 0 Å². The maximum atomic E-state index is 13.2. The van der Waals surface area contributed by atoms with E-state index in [4.69, 9.17) is 10.8 Å². The van der Waals surface area contributed by atoms with Crippen LogP contribution in [-0.2, 0) is 0 Å². The number of H-pyrrole nitrogens is 1. The fraction of sp³-hybridized carbons (Fsp3) is 0.300. The molecular weight excluding hydrogens is 241 g/mol. The highest BCUT2D eigenvalue weighted by Crippen LogP contribution is 2.41. The zero-order valence-electron chi connectivity index (χ0n) is 9.17. The number of halogens is 1. The van der Waals surface area contributed by atoms with E-state index < -0.39 is 17.6 Å². The quantitative estimate of drug-likeness (QED) is 0.666. The zero-order valence-corrected chi connectivity index (χ0v) is 9.17. The molecule has 4 N–H and O–H groups in total. The van der Waals surface area contributed by atoms with E-state index in [1.54, 1.807) is 0 Å². The van der Waals surface area contributed by atoms with Crippen molar-refractivity contribution >= 4 is 23.3 Å². The standard InChI is InChI=1S/C10H10FN5O2/c11-6-4(5(6)2-17)1-16-3-13-7-8(16)14-10(12)15-9(7)18/h1,3,5-6,17H,2H2,(H3,12,14,15,18)/b4-1-/t5-,6-/m0/s1. The average Bonchev–Trinajstić information content (AvgIpc) is 2.75. The Morgan fingerprint density at radius 2 is 2.44 bits per heavy atom. The SMILES string of the molecule is Nc1nc2c(ncn2/C=C2\[C@H](F)[C@H]2CO)c(=O)[nH]1. The summed E-state index contributed by atoms with van der Waals surface area (Å²) in [6.45, 7) is -0.240. The number of fused-ring (bicyclic) bond motifs is 1. The minimum absolute atomic E-state index is 0.0287. The first-order valence-corrected chi connectivity index (χ1v) is 5.30. The second kappa shape index (κ2) is 3.64. The van der Waals surface area contributed by atoms with Gasteiger partial charge < -0.3 is 10.8 Å². The van der Waals surface area contributed by atoms with E-state index in [0.29, 0.717) is 5.57 Å². The van der Waals surface area contributed by atoms with Gasteiger partial charge in [0, 0.05) is 12.1 Å². The minimum atomic E-state index is -1.15. The third-order valence-electron chi connectivity index (χ3n) is 2.93. The molecule has 8 heteroatoms. The van der Waals surface area contributed by atoms with Crippen LogP contribution in [-0.4, -0.2) is 37.4 Å². The Morgan fingerprint density at radius 1 is 1.67 bits per heavy atom. The van der Waals surface area contributed by atoms with Crippen LogP contribution < -0.4 is 11.3 Å². The van der Waals surface area contributed by atoms with Gasteiger partial charge in [0.1, 0.15) is 12.5 Å². The molecule has 2 heterocycles. The molecular formula is C10H10FN5O2. The van der Waals surface area contributed by atoms with Gasteiger partial charge >= 0.3 is 0 Å². The number of hydrogen-bond acceptors (Lipinski definition) is 5. The van der Waals surface area contributed by atoms with Gasteiger partial charge in [0.2, 0.25) is 5.95 Å².